The van der Waals surface area contributed by atoms with Crippen LogP contribution >= 0.6 is 0 Å². The molecule has 0 aromatic heterocycles. The number of allylic oxidation sites excluding steroid dienone is 4. The number of ether oxygens (including phenoxy) is 1. The highest BCUT2D eigenvalue weighted by atomic mass is 16.5. The zero-order chi connectivity index (χ0) is 34.2. The molecule has 6 rings (SSSR count). The van der Waals surface area contributed by atoms with Gasteiger partial charge in [-0.25, -0.2) is 4.79 Å². The summed E-state index contributed by atoms with van der Waals surface area (Å²) in [5, 5.41) is 13.3. The smallest absolute Gasteiger partial charge is 0.328 e. The number of benzene rings is 1. The Labute approximate surface area is 281 Å². The number of hydrogen-bond acceptors (Lipinski definition) is 5. The minimum Gasteiger partial charge on any atom is -0.467 e. The van der Waals surface area contributed by atoms with Crippen molar-refractivity contribution in [1.29, 1.82) is 5.26 Å². The third-order valence-corrected chi connectivity index (χ3v) is 15.0. The van der Waals surface area contributed by atoms with Crippen LogP contribution in [0.4, 0.5) is 0 Å². The molecule has 0 aliphatic heterocycles. The van der Waals surface area contributed by atoms with Gasteiger partial charge in [0.2, 0.25) is 5.91 Å². The highest BCUT2D eigenvalue weighted by Gasteiger charge is 2.69. The van der Waals surface area contributed by atoms with E-state index in [4.69, 9.17) is 4.74 Å². The molecule has 1 unspecified atom stereocenters. The first kappa shape index (κ1) is 33.7. The average molecular weight is 639 g/mol. The number of nitrogens with one attached hydrogen (secondary N) is 1. The number of Topliss-reactive ketones (excluding diaryl/α,β-unsaturated/α-hetero) is 1. The first-order chi connectivity index (χ1) is 22.1. The van der Waals surface area contributed by atoms with E-state index in [1.54, 1.807) is 0 Å². The molecular formula is C41H54N2O4. The summed E-state index contributed by atoms with van der Waals surface area (Å²) in [6.07, 6.45) is 11.3. The van der Waals surface area contributed by atoms with E-state index in [0.717, 1.165) is 50.5 Å². The number of esters is 1. The van der Waals surface area contributed by atoms with Crippen molar-refractivity contribution in [2.75, 3.05) is 7.11 Å². The minimum atomic E-state index is -0.746. The van der Waals surface area contributed by atoms with Gasteiger partial charge in [-0.2, -0.15) is 5.26 Å². The summed E-state index contributed by atoms with van der Waals surface area (Å²) in [6.45, 7) is 16.0. The predicted octanol–water partition coefficient (Wildman–Crippen LogP) is 7.78. The number of ketones is 1. The van der Waals surface area contributed by atoms with Crippen LogP contribution in [0.15, 0.2) is 53.6 Å². The van der Waals surface area contributed by atoms with Crippen LogP contribution in [0.2, 0.25) is 0 Å². The van der Waals surface area contributed by atoms with Gasteiger partial charge in [0.1, 0.15) is 12.1 Å². The van der Waals surface area contributed by atoms with E-state index in [2.05, 4.69) is 72.0 Å². The van der Waals surface area contributed by atoms with Crippen molar-refractivity contribution in [2.45, 2.75) is 106 Å². The first-order valence-electron chi connectivity index (χ1n) is 17.9. The van der Waals surface area contributed by atoms with E-state index in [0.29, 0.717) is 23.8 Å². The molecule has 0 saturated heterocycles. The maximum absolute atomic E-state index is 14.8. The second kappa shape index (κ2) is 11.5. The van der Waals surface area contributed by atoms with Crippen molar-refractivity contribution in [1.82, 2.24) is 5.32 Å². The lowest BCUT2D eigenvalue weighted by Gasteiger charge is -2.70. The summed E-state index contributed by atoms with van der Waals surface area (Å²) in [4.78, 5) is 41.2. The Morgan fingerprint density at radius 2 is 1.70 bits per heavy atom. The van der Waals surface area contributed by atoms with E-state index >= 15 is 0 Å². The molecule has 3 saturated carbocycles. The summed E-state index contributed by atoms with van der Waals surface area (Å²) in [6, 6.07) is 11.3. The highest BCUT2D eigenvalue weighted by molar-refractivity contribution is 6.04. The number of nitrogens with zero attached hydrogens (tertiary/aromatic N) is 1. The van der Waals surface area contributed by atoms with E-state index in [1.807, 2.05) is 30.3 Å². The first-order valence-corrected chi connectivity index (χ1v) is 17.9. The van der Waals surface area contributed by atoms with Gasteiger partial charge in [-0.05, 0) is 96.3 Å². The summed E-state index contributed by atoms with van der Waals surface area (Å²) >= 11 is 0. The number of carbonyl (C=O) groups excluding carboxylic acids is 3. The minimum absolute atomic E-state index is 0.00684. The second-order valence-electron chi connectivity index (χ2n) is 17.1. The normalized spacial score (nSPS) is 40.9. The Morgan fingerprint density at radius 3 is 2.36 bits per heavy atom. The quantitative estimate of drug-likeness (QED) is 0.262. The largest absolute Gasteiger partial charge is 0.467 e. The number of rotatable bonds is 5. The van der Waals surface area contributed by atoms with Crippen LogP contribution in [0.3, 0.4) is 0 Å². The molecule has 47 heavy (non-hydrogen) atoms. The molecule has 1 amide bonds. The van der Waals surface area contributed by atoms with Crippen LogP contribution in [0.25, 0.3) is 0 Å². The van der Waals surface area contributed by atoms with Crippen LogP contribution < -0.4 is 5.32 Å². The molecule has 252 valence electrons. The van der Waals surface area contributed by atoms with Gasteiger partial charge in [0.05, 0.1) is 18.1 Å². The van der Waals surface area contributed by atoms with Crippen LogP contribution in [-0.2, 0) is 25.5 Å². The Bertz CT molecular complexity index is 1570. The van der Waals surface area contributed by atoms with Gasteiger partial charge in [0, 0.05) is 11.8 Å². The van der Waals surface area contributed by atoms with Gasteiger partial charge in [-0.1, -0.05) is 96.5 Å². The van der Waals surface area contributed by atoms with Gasteiger partial charge >= 0.3 is 5.97 Å². The van der Waals surface area contributed by atoms with Gasteiger partial charge < -0.3 is 10.1 Å². The number of carbonyl (C=O) groups is 3. The second-order valence-corrected chi connectivity index (χ2v) is 17.1. The summed E-state index contributed by atoms with van der Waals surface area (Å²) < 4.78 is 5.20. The molecule has 0 bridgehead atoms. The summed E-state index contributed by atoms with van der Waals surface area (Å²) in [7, 11) is 1.39. The molecule has 6 nitrogen and oxygen atoms in total. The summed E-state index contributed by atoms with van der Waals surface area (Å²) in [5.41, 5.74) is 1.13. The molecule has 5 aliphatic rings. The van der Waals surface area contributed by atoms with Crippen LogP contribution in [-0.4, -0.2) is 30.8 Å². The fourth-order valence-electron chi connectivity index (χ4n) is 12.0. The maximum Gasteiger partial charge on any atom is 0.328 e. The monoisotopic (exact) mass is 638 g/mol. The van der Waals surface area contributed by atoms with Crippen molar-refractivity contribution >= 4 is 17.7 Å². The van der Waals surface area contributed by atoms with Crippen molar-refractivity contribution in [3.8, 4) is 6.07 Å². The van der Waals surface area contributed by atoms with Gasteiger partial charge in [0.15, 0.2) is 5.78 Å². The topological polar surface area (TPSA) is 96.3 Å². The van der Waals surface area contributed by atoms with E-state index in [1.165, 1.54) is 12.7 Å². The number of nitriles is 1. The van der Waals surface area contributed by atoms with Crippen LogP contribution in [0.5, 0.6) is 0 Å². The lowest BCUT2D eigenvalue weighted by atomic mass is 9.34. The Hall–Kier alpha value is -3.20. The van der Waals surface area contributed by atoms with Crippen molar-refractivity contribution in [2.24, 2.45) is 56.7 Å². The van der Waals surface area contributed by atoms with E-state index < -0.39 is 22.8 Å². The molecule has 10 atom stereocenters. The molecule has 0 spiro atoms. The SMILES string of the molecule is COC(=O)C(Cc1ccccc1)NC(=O)[C@]12CC[C@@H](C)[C@H](C)[C@H]1C1=CC[C@@H]3[C@@]4(C)C=C(C#N)C(=O)C(C)(C)[C@@H]4CC[C@@]3(C)[C@]1(C)CC2. The molecule has 0 radical (unpaired) electrons. The lowest BCUT2D eigenvalue weighted by Crippen LogP contribution is -2.65. The number of amides is 1. The molecule has 5 aliphatic carbocycles. The number of fused-ring (bicyclic) bond motifs is 7. The fourth-order valence-corrected chi connectivity index (χ4v) is 12.0. The highest BCUT2D eigenvalue weighted by Crippen LogP contribution is 2.75. The van der Waals surface area contributed by atoms with Crippen molar-refractivity contribution < 1.29 is 19.1 Å². The Balaban J connectivity index is 1.40. The fraction of sp³-hybridized carbons (Fsp3) is 0.659. The molecule has 3 fully saturated rings. The van der Waals surface area contributed by atoms with Gasteiger partial charge in [-0.3, -0.25) is 9.59 Å². The maximum atomic E-state index is 14.8. The standard InChI is InChI=1S/C41H54N2O4/c1-25-16-19-41(36(46)43-30(35(45)47-8)22-27-12-10-9-11-13-27)21-20-39(6)29(33(41)26(25)2)14-15-32-38(5)23-28(24-42)34(44)37(3,4)31(38)17-18-40(32,39)7/h9-14,23,25-26,30-33H,15-22H2,1-8H3,(H,43,46)/t25-,26+,30?,31+,32-,33+,38+,39-,40-,41+/m1/s1. The number of methoxy groups -OCH3 is 1. The number of hydrogen-bond donors (Lipinski definition) is 1. The summed E-state index contributed by atoms with van der Waals surface area (Å²) in [5.74, 6) is 0.905. The van der Waals surface area contributed by atoms with Crippen LogP contribution in [0, 0.1) is 68.0 Å². The Kier molecular flexibility index (Phi) is 8.21. The van der Waals surface area contributed by atoms with Crippen molar-refractivity contribution in [3.05, 3.63) is 59.2 Å². The molecule has 6 heteroatoms. The molecule has 1 N–H and O–H groups in total. The molecular weight excluding hydrogens is 584 g/mol. The van der Waals surface area contributed by atoms with Gasteiger partial charge in [0.25, 0.3) is 0 Å². The van der Waals surface area contributed by atoms with Gasteiger partial charge in [-0.15, -0.1) is 0 Å². The predicted molar refractivity (Wildman–Crippen MR) is 183 cm³/mol. The van der Waals surface area contributed by atoms with E-state index in [-0.39, 0.29) is 45.7 Å². The van der Waals surface area contributed by atoms with Crippen molar-refractivity contribution in [3.63, 3.8) is 0 Å². The average Bonchev–Trinajstić information content (AvgIpc) is 3.04. The third-order valence-electron chi connectivity index (χ3n) is 15.0. The molecule has 1 aromatic carbocycles. The Morgan fingerprint density at radius 1 is 1.00 bits per heavy atom. The lowest BCUT2D eigenvalue weighted by molar-refractivity contribution is -0.168. The zero-order valence-corrected chi connectivity index (χ0v) is 29.7. The zero-order valence-electron chi connectivity index (χ0n) is 29.7. The van der Waals surface area contributed by atoms with E-state index in [9.17, 15) is 19.6 Å². The van der Waals surface area contributed by atoms with Crippen LogP contribution in [0.1, 0.15) is 99.0 Å². The third kappa shape index (κ3) is 4.72. The molecule has 0 heterocycles. The molecule has 1 aromatic rings.